The maximum absolute atomic E-state index is 12.9. The lowest BCUT2D eigenvalue weighted by Crippen LogP contribution is -2.34. The van der Waals surface area contributed by atoms with E-state index in [-0.39, 0.29) is 21.4 Å². The molecular weight excluding hydrogens is 450 g/mol. The van der Waals surface area contributed by atoms with Crippen molar-refractivity contribution in [3.05, 3.63) is 58.6 Å². The molecule has 0 atom stereocenters. The second-order valence-electron chi connectivity index (χ2n) is 7.66. The lowest BCUT2D eigenvalue weighted by atomic mass is 10.1. The van der Waals surface area contributed by atoms with Crippen LogP contribution >= 0.6 is 11.6 Å². The van der Waals surface area contributed by atoms with Crippen LogP contribution in [0.25, 0.3) is 0 Å². The highest BCUT2D eigenvalue weighted by Crippen LogP contribution is 2.26. The van der Waals surface area contributed by atoms with E-state index < -0.39 is 15.9 Å². The average molecular weight is 478 g/mol. The number of hydrogen-bond donors (Lipinski definition) is 1. The zero-order valence-corrected chi connectivity index (χ0v) is 19.9. The summed E-state index contributed by atoms with van der Waals surface area (Å²) in [6.45, 7) is 5.33. The summed E-state index contributed by atoms with van der Waals surface area (Å²) in [5.74, 6) is -0.294. The van der Waals surface area contributed by atoms with E-state index in [1.165, 1.54) is 22.5 Å². The molecule has 1 N–H and O–H groups in total. The number of nitrogens with one attached hydrogen (secondary N) is 1. The van der Waals surface area contributed by atoms with Crippen molar-refractivity contribution in [1.82, 2.24) is 9.21 Å². The van der Waals surface area contributed by atoms with E-state index in [9.17, 15) is 18.0 Å². The van der Waals surface area contributed by atoms with Crippen LogP contribution in [0.3, 0.4) is 0 Å². The summed E-state index contributed by atoms with van der Waals surface area (Å²) in [6.07, 6.45) is 2.50. The predicted octanol–water partition coefficient (Wildman–Crippen LogP) is 4.14. The Morgan fingerprint density at radius 1 is 1.12 bits per heavy atom. The fourth-order valence-corrected chi connectivity index (χ4v) is 5.70. The van der Waals surface area contributed by atoms with Gasteiger partial charge in [0.05, 0.1) is 5.02 Å². The van der Waals surface area contributed by atoms with Gasteiger partial charge in [-0.1, -0.05) is 37.6 Å². The first-order valence-electron chi connectivity index (χ1n) is 10.7. The van der Waals surface area contributed by atoms with Gasteiger partial charge < -0.3 is 10.2 Å². The second-order valence-corrected chi connectivity index (χ2v) is 9.97. The number of sulfonamides is 1. The Labute approximate surface area is 194 Å². The summed E-state index contributed by atoms with van der Waals surface area (Å²) >= 11 is 6.16. The predicted molar refractivity (Wildman–Crippen MR) is 125 cm³/mol. The van der Waals surface area contributed by atoms with Gasteiger partial charge in [-0.05, 0) is 48.7 Å². The number of anilines is 1. The Morgan fingerprint density at radius 3 is 2.56 bits per heavy atom. The Hall–Kier alpha value is -2.42. The van der Waals surface area contributed by atoms with Crippen molar-refractivity contribution in [3.8, 4) is 0 Å². The highest BCUT2D eigenvalue weighted by Gasteiger charge is 2.25. The smallest absolute Gasteiger partial charge is 0.255 e. The van der Waals surface area contributed by atoms with Crippen LogP contribution in [0.4, 0.5) is 5.69 Å². The van der Waals surface area contributed by atoms with Gasteiger partial charge >= 0.3 is 0 Å². The molecule has 1 aliphatic heterocycles. The molecule has 2 aromatic rings. The van der Waals surface area contributed by atoms with Crippen molar-refractivity contribution in [2.24, 2.45) is 0 Å². The lowest BCUT2D eigenvalue weighted by Gasteiger charge is -2.26. The number of hydrogen-bond acceptors (Lipinski definition) is 4. The molecule has 2 amide bonds. The molecule has 2 aromatic carbocycles. The topological polar surface area (TPSA) is 86.8 Å². The number of likely N-dealkylation sites (tertiary alicyclic amines) is 1. The number of piperidine rings is 1. The zero-order chi connectivity index (χ0) is 23.3. The highest BCUT2D eigenvalue weighted by molar-refractivity contribution is 7.89. The molecule has 0 aromatic heterocycles. The monoisotopic (exact) mass is 477 g/mol. The van der Waals surface area contributed by atoms with Gasteiger partial charge in [0.2, 0.25) is 15.9 Å². The summed E-state index contributed by atoms with van der Waals surface area (Å²) in [5, 5.41) is 2.88. The molecule has 3 rings (SSSR count). The third-order valence-electron chi connectivity index (χ3n) is 5.50. The van der Waals surface area contributed by atoms with Crippen LogP contribution in [0.15, 0.2) is 47.4 Å². The number of halogens is 1. The molecule has 32 heavy (non-hydrogen) atoms. The minimum atomic E-state index is -3.81. The number of carbonyl (C=O) groups is 2. The fraction of sp³-hybridized carbons (Fsp3) is 0.391. The van der Waals surface area contributed by atoms with Crippen molar-refractivity contribution in [2.75, 3.05) is 25.0 Å². The molecule has 0 bridgehead atoms. The summed E-state index contributed by atoms with van der Waals surface area (Å²) in [7, 11) is -3.81. The van der Waals surface area contributed by atoms with E-state index in [4.69, 9.17) is 11.6 Å². The van der Waals surface area contributed by atoms with Crippen LogP contribution in [-0.2, 0) is 21.4 Å². The van der Waals surface area contributed by atoms with Crippen LogP contribution < -0.4 is 5.32 Å². The molecule has 0 spiro atoms. The number of nitrogens with zero attached hydrogens (tertiary/aromatic N) is 2. The van der Waals surface area contributed by atoms with Gasteiger partial charge in [-0.15, -0.1) is 0 Å². The molecule has 172 valence electrons. The highest BCUT2D eigenvalue weighted by atomic mass is 35.5. The third-order valence-corrected chi connectivity index (χ3v) is 8.03. The normalized spacial score (nSPS) is 14.6. The minimum absolute atomic E-state index is 0.0710. The van der Waals surface area contributed by atoms with Gasteiger partial charge in [0.15, 0.2) is 0 Å². The number of benzene rings is 2. The number of rotatable bonds is 8. The van der Waals surface area contributed by atoms with Gasteiger partial charge in [0, 0.05) is 43.9 Å². The van der Waals surface area contributed by atoms with Gasteiger partial charge in [-0.25, -0.2) is 8.42 Å². The number of amides is 2. The molecule has 0 radical (unpaired) electrons. The van der Waals surface area contributed by atoms with Crippen molar-refractivity contribution in [1.29, 1.82) is 0 Å². The average Bonchev–Trinajstić information content (AvgIpc) is 2.76. The standard InChI is InChI=1S/C23H28ClN3O4S/c1-3-27(4-2)32(30,31)21-15-18(11-12-20(21)24)23(29)25-19-9-7-8-17(14-19)16-26-13-6-5-10-22(26)28/h7-9,11-12,14-15H,3-6,10,13,16H2,1-2H3,(H,25,29). The van der Waals surface area contributed by atoms with E-state index >= 15 is 0 Å². The largest absolute Gasteiger partial charge is 0.338 e. The number of carbonyl (C=O) groups excluding carboxylic acids is 2. The van der Waals surface area contributed by atoms with Gasteiger partial charge in [-0.2, -0.15) is 4.31 Å². The van der Waals surface area contributed by atoms with Crippen molar-refractivity contribution in [2.45, 2.75) is 44.6 Å². The maximum Gasteiger partial charge on any atom is 0.255 e. The van der Waals surface area contributed by atoms with Crippen molar-refractivity contribution < 1.29 is 18.0 Å². The minimum Gasteiger partial charge on any atom is -0.338 e. The van der Waals surface area contributed by atoms with Crippen LogP contribution in [0.1, 0.15) is 49.0 Å². The molecular formula is C23H28ClN3O4S. The van der Waals surface area contributed by atoms with E-state index in [1.807, 2.05) is 23.1 Å². The van der Waals surface area contributed by atoms with Gasteiger partial charge in [0.25, 0.3) is 5.91 Å². The van der Waals surface area contributed by atoms with Gasteiger partial charge in [-0.3, -0.25) is 9.59 Å². The quantitative estimate of drug-likeness (QED) is 0.619. The van der Waals surface area contributed by atoms with Crippen molar-refractivity contribution >= 4 is 39.1 Å². The fourth-order valence-electron chi connectivity index (χ4n) is 3.74. The molecule has 0 aliphatic carbocycles. The van der Waals surface area contributed by atoms with Crippen LogP contribution in [-0.4, -0.2) is 49.1 Å². The van der Waals surface area contributed by atoms with Gasteiger partial charge in [0.1, 0.15) is 4.90 Å². The Kier molecular flexibility index (Phi) is 7.92. The first-order valence-corrected chi connectivity index (χ1v) is 12.6. The van der Waals surface area contributed by atoms with Crippen molar-refractivity contribution in [3.63, 3.8) is 0 Å². The summed E-state index contributed by atoms with van der Waals surface area (Å²) in [4.78, 5) is 26.6. The molecule has 9 heteroatoms. The van der Waals surface area contributed by atoms with E-state index in [0.29, 0.717) is 31.7 Å². The Bertz CT molecular complexity index is 1100. The molecule has 1 saturated heterocycles. The molecule has 1 fully saturated rings. The van der Waals surface area contributed by atoms with E-state index in [0.717, 1.165) is 24.9 Å². The summed E-state index contributed by atoms with van der Waals surface area (Å²) in [5.41, 5.74) is 1.68. The molecule has 7 nitrogen and oxygen atoms in total. The summed E-state index contributed by atoms with van der Waals surface area (Å²) in [6, 6.07) is 11.5. The van der Waals surface area contributed by atoms with E-state index in [1.54, 1.807) is 19.9 Å². The third kappa shape index (κ3) is 5.49. The first-order chi connectivity index (χ1) is 15.3. The molecule has 0 unspecified atom stereocenters. The molecule has 1 heterocycles. The Morgan fingerprint density at radius 2 is 1.88 bits per heavy atom. The molecule has 1 aliphatic rings. The lowest BCUT2D eigenvalue weighted by molar-refractivity contribution is -0.133. The Balaban J connectivity index is 1.78. The molecule has 0 saturated carbocycles. The summed E-state index contributed by atoms with van der Waals surface area (Å²) < 4.78 is 27.1. The second kappa shape index (κ2) is 10.5. The maximum atomic E-state index is 12.9. The zero-order valence-electron chi connectivity index (χ0n) is 18.3. The SMILES string of the molecule is CCN(CC)S(=O)(=O)c1cc(C(=O)Nc2cccc(CN3CCCCC3=O)c2)ccc1Cl. The van der Waals surface area contributed by atoms with Crippen LogP contribution in [0, 0.1) is 0 Å². The van der Waals surface area contributed by atoms with Crippen LogP contribution in [0.5, 0.6) is 0 Å². The first kappa shape index (κ1) is 24.2. The van der Waals surface area contributed by atoms with Crippen LogP contribution in [0.2, 0.25) is 5.02 Å². The van der Waals surface area contributed by atoms with E-state index in [2.05, 4.69) is 5.32 Å².